The second-order valence-electron chi connectivity index (χ2n) is 6.64. The number of halogens is 1. The molecule has 1 aromatic carbocycles. The molecule has 0 N–H and O–H groups in total. The van der Waals surface area contributed by atoms with E-state index in [-0.39, 0.29) is 18.3 Å². The largest absolute Gasteiger partial charge is 0.380 e. The van der Waals surface area contributed by atoms with Gasteiger partial charge in [-0.15, -0.1) is 0 Å². The second kappa shape index (κ2) is 7.59. The Kier molecular flexibility index (Phi) is 5.48. The number of methoxy groups -OCH3 is 1. The zero-order valence-electron chi connectivity index (χ0n) is 14.3. The van der Waals surface area contributed by atoms with Crippen LogP contribution in [0.3, 0.4) is 0 Å². The molecule has 2 aliphatic heterocycles. The number of rotatable bonds is 4. The molecule has 2 saturated heterocycles. The molecule has 2 aliphatic rings. The number of morpholine rings is 1. The standard InChI is InChI=1S/C18H25FN2O3/c1-13-10-21(11-17(13)20-5-7-24-8-6-20)18(22)14-3-4-16(19)15(9-14)12-23-2/h3-4,9,13,17H,5-8,10-12H2,1-2H3/t13-,17+/m1/s1. The summed E-state index contributed by atoms with van der Waals surface area (Å²) in [6.07, 6.45) is 0. The van der Waals surface area contributed by atoms with Crippen LogP contribution in [0.5, 0.6) is 0 Å². The molecule has 2 atom stereocenters. The van der Waals surface area contributed by atoms with Crippen LogP contribution in [0.15, 0.2) is 18.2 Å². The maximum Gasteiger partial charge on any atom is 0.253 e. The number of carbonyl (C=O) groups is 1. The van der Waals surface area contributed by atoms with Gasteiger partial charge in [-0.05, 0) is 24.1 Å². The van der Waals surface area contributed by atoms with Gasteiger partial charge < -0.3 is 14.4 Å². The van der Waals surface area contributed by atoms with Crippen molar-refractivity contribution in [1.82, 2.24) is 9.80 Å². The Morgan fingerprint density at radius 2 is 2.08 bits per heavy atom. The number of hydrogen-bond donors (Lipinski definition) is 0. The summed E-state index contributed by atoms with van der Waals surface area (Å²) >= 11 is 0. The van der Waals surface area contributed by atoms with Gasteiger partial charge in [-0.1, -0.05) is 6.92 Å². The maximum atomic E-state index is 13.7. The first-order chi connectivity index (χ1) is 11.6. The zero-order chi connectivity index (χ0) is 17.1. The Morgan fingerprint density at radius 3 is 2.79 bits per heavy atom. The van der Waals surface area contributed by atoms with Crippen molar-refractivity contribution in [3.05, 3.63) is 35.1 Å². The molecule has 0 bridgehead atoms. The minimum absolute atomic E-state index is 0.0324. The van der Waals surface area contributed by atoms with Gasteiger partial charge in [0.25, 0.3) is 5.91 Å². The molecular weight excluding hydrogens is 311 g/mol. The number of benzene rings is 1. The molecule has 0 unspecified atom stereocenters. The van der Waals surface area contributed by atoms with Crippen LogP contribution in [0.1, 0.15) is 22.8 Å². The van der Waals surface area contributed by atoms with Crippen LogP contribution < -0.4 is 0 Å². The third-order valence-corrected chi connectivity index (χ3v) is 4.97. The van der Waals surface area contributed by atoms with Crippen molar-refractivity contribution >= 4 is 5.91 Å². The SMILES string of the molecule is COCc1cc(C(=O)N2C[C@@H](C)[C@@H](N3CCOCC3)C2)ccc1F. The lowest BCUT2D eigenvalue weighted by atomic mass is 10.0. The monoisotopic (exact) mass is 336 g/mol. The first-order valence-corrected chi connectivity index (χ1v) is 8.48. The smallest absolute Gasteiger partial charge is 0.253 e. The molecule has 0 saturated carbocycles. The maximum absolute atomic E-state index is 13.7. The zero-order valence-corrected chi connectivity index (χ0v) is 14.3. The number of carbonyl (C=O) groups excluding carboxylic acids is 1. The van der Waals surface area contributed by atoms with Gasteiger partial charge in [-0.25, -0.2) is 4.39 Å². The van der Waals surface area contributed by atoms with E-state index in [4.69, 9.17) is 9.47 Å². The van der Waals surface area contributed by atoms with E-state index in [0.29, 0.717) is 23.1 Å². The Labute approximate surface area is 142 Å². The van der Waals surface area contributed by atoms with E-state index in [9.17, 15) is 9.18 Å². The lowest BCUT2D eigenvalue weighted by Crippen LogP contribution is -2.47. The fourth-order valence-corrected chi connectivity index (χ4v) is 3.66. The van der Waals surface area contributed by atoms with Crippen LogP contribution in [0.25, 0.3) is 0 Å². The highest BCUT2D eigenvalue weighted by Gasteiger charge is 2.36. The van der Waals surface area contributed by atoms with E-state index in [1.54, 1.807) is 12.1 Å². The summed E-state index contributed by atoms with van der Waals surface area (Å²) in [5, 5.41) is 0. The van der Waals surface area contributed by atoms with Crippen molar-refractivity contribution in [2.75, 3.05) is 46.5 Å². The average Bonchev–Trinajstić information content (AvgIpc) is 2.99. The summed E-state index contributed by atoms with van der Waals surface area (Å²) in [5.41, 5.74) is 0.943. The minimum atomic E-state index is -0.339. The third kappa shape index (κ3) is 3.61. The molecule has 2 fully saturated rings. The highest BCUT2D eigenvalue weighted by Crippen LogP contribution is 2.25. The van der Waals surface area contributed by atoms with Crippen molar-refractivity contribution in [2.45, 2.75) is 19.6 Å². The Hall–Kier alpha value is -1.50. The summed E-state index contributed by atoms with van der Waals surface area (Å²) in [5.74, 6) is 0.0512. The van der Waals surface area contributed by atoms with E-state index < -0.39 is 0 Å². The number of hydrogen-bond acceptors (Lipinski definition) is 4. The van der Waals surface area contributed by atoms with Crippen molar-refractivity contribution in [1.29, 1.82) is 0 Å². The number of nitrogens with zero attached hydrogens (tertiary/aromatic N) is 2. The van der Waals surface area contributed by atoms with Crippen molar-refractivity contribution < 1.29 is 18.7 Å². The first kappa shape index (κ1) is 17.3. The molecule has 0 radical (unpaired) electrons. The summed E-state index contributed by atoms with van der Waals surface area (Å²) in [4.78, 5) is 17.1. The molecular formula is C18H25FN2O3. The van der Waals surface area contributed by atoms with Crippen molar-refractivity contribution in [3.63, 3.8) is 0 Å². The molecule has 24 heavy (non-hydrogen) atoms. The number of amides is 1. The first-order valence-electron chi connectivity index (χ1n) is 8.48. The summed E-state index contributed by atoms with van der Waals surface area (Å²) in [6, 6.07) is 4.88. The van der Waals surface area contributed by atoms with Crippen molar-refractivity contribution in [3.8, 4) is 0 Å². The summed E-state index contributed by atoms with van der Waals surface area (Å²) in [7, 11) is 1.52. The number of ether oxygens (including phenoxy) is 2. The van der Waals surface area contributed by atoms with E-state index in [1.807, 2.05) is 4.90 Å². The fourth-order valence-electron chi connectivity index (χ4n) is 3.66. The van der Waals surface area contributed by atoms with Crippen molar-refractivity contribution in [2.24, 2.45) is 5.92 Å². The van der Waals surface area contributed by atoms with Gasteiger partial charge in [0.15, 0.2) is 0 Å². The summed E-state index contributed by atoms with van der Waals surface area (Å²) in [6.45, 7) is 7.17. The number of likely N-dealkylation sites (tertiary alicyclic amines) is 1. The highest BCUT2D eigenvalue weighted by atomic mass is 19.1. The van der Waals surface area contributed by atoms with E-state index >= 15 is 0 Å². The van der Waals surface area contributed by atoms with Gasteiger partial charge in [-0.2, -0.15) is 0 Å². The Morgan fingerprint density at radius 1 is 1.33 bits per heavy atom. The van der Waals surface area contributed by atoms with Crippen LogP contribution in [-0.4, -0.2) is 68.3 Å². The van der Waals surface area contributed by atoms with E-state index in [2.05, 4.69) is 11.8 Å². The van der Waals surface area contributed by atoms with Gasteiger partial charge in [0, 0.05) is 50.5 Å². The van der Waals surface area contributed by atoms with Gasteiger partial charge in [0.05, 0.1) is 19.8 Å². The van der Waals surface area contributed by atoms with Crippen LogP contribution >= 0.6 is 0 Å². The van der Waals surface area contributed by atoms with Crippen LogP contribution in [-0.2, 0) is 16.1 Å². The normalized spacial score (nSPS) is 25.2. The molecule has 0 spiro atoms. The molecule has 3 rings (SSSR count). The molecule has 5 nitrogen and oxygen atoms in total. The molecule has 132 valence electrons. The second-order valence-corrected chi connectivity index (χ2v) is 6.64. The molecule has 1 amide bonds. The predicted octanol–water partition coefficient (Wildman–Crippen LogP) is 1.76. The van der Waals surface area contributed by atoms with Gasteiger partial charge >= 0.3 is 0 Å². The van der Waals surface area contributed by atoms with E-state index in [0.717, 1.165) is 39.4 Å². The molecule has 6 heteroatoms. The third-order valence-electron chi connectivity index (χ3n) is 4.97. The predicted molar refractivity (Wildman–Crippen MR) is 88.4 cm³/mol. The van der Waals surface area contributed by atoms with Gasteiger partial charge in [0.2, 0.25) is 0 Å². The topological polar surface area (TPSA) is 42.0 Å². The quantitative estimate of drug-likeness (QED) is 0.840. The highest BCUT2D eigenvalue weighted by molar-refractivity contribution is 5.94. The lowest BCUT2D eigenvalue weighted by molar-refractivity contribution is 0.0119. The van der Waals surface area contributed by atoms with Crippen LogP contribution in [0.4, 0.5) is 4.39 Å². The Balaban J connectivity index is 1.70. The fraction of sp³-hybridized carbons (Fsp3) is 0.611. The van der Waals surface area contributed by atoms with Gasteiger partial charge in [0.1, 0.15) is 5.82 Å². The molecule has 0 aromatic heterocycles. The summed E-state index contributed by atoms with van der Waals surface area (Å²) < 4.78 is 24.2. The molecule has 2 heterocycles. The lowest BCUT2D eigenvalue weighted by Gasteiger charge is -2.34. The van der Waals surface area contributed by atoms with Crippen LogP contribution in [0.2, 0.25) is 0 Å². The Bertz CT molecular complexity index is 590. The molecule has 0 aliphatic carbocycles. The average molecular weight is 336 g/mol. The van der Waals surface area contributed by atoms with Crippen LogP contribution in [0, 0.1) is 11.7 Å². The van der Waals surface area contributed by atoms with Gasteiger partial charge in [-0.3, -0.25) is 9.69 Å². The molecule has 1 aromatic rings. The minimum Gasteiger partial charge on any atom is -0.380 e. The van der Waals surface area contributed by atoms with E-state index in [1.165, 1.54) is 13.2 Å².